The molecule has 3 nitrogen and oxygen atoms in total. The van der Waals surface area contributed by atoms with Gasteiger partial charge >= 0.3 is 5.97 Å². The molecule has 0 spiro atoms. The molecule has 0 N–H and O–H groups in total. The molecule has 1 aromatic rings. The molecule has 1 fully saturated rings. The Morgan fingerprint density at radius 3 is 2.50 bits per heavy atom. The number of esters is 1. The van der Waals surface area contributed by atoms with Crippen LogP contribution in [0.5, 0.6) is 0 Å². The van der Waals surface area contributed by atoms with Crippen LogP contribution in [0.2, 0.25) is 0 Å². The van der Waals surface area contributed by atoms with E-state index in [0.717, 1.165) is 12.0 Å². The summed E-state index contributed by atoms with van der Waals surface area (Å²) >= 11 is 0. The van der Waals surface area contributed by atoms with Gasteiger partial charge in [0.2, 0.25) is 6.29 Å². The van der Waals surface area contributed by atoms with Crippen LogP contribution in [-0.4, -0.2) is 17.9 Å². The highest BCUT2D eigenvalue weighted by molar-refractivity contribution is 5.80. The average Bonchev–Trinajstić information content (AvgIpc) is 2.63. The highest BCUT2D eigenvalue weighted by Crippen LogP contribution is 2.42. The summed E-state index contributed by atoms with van der Waals surface area (Å²) < 4.78 is 11.2. The first-order chi connectivity index (χ1) is 9.29. The van der Waals surface area contributed by atoms with Crippen molar-refractivity contribution >= 4 is 12.0 Å². The Bertz CT molecular complexity index is 596. The van der Waals surface area contributed by atoms with Crippen molar-refractivity contribution in [2.24, 2.45) is 0 Å². The van der Waals surface area contributed by atoms with Gasteiger partial charge in [0.1, 0.15) is 0 Å². The maximum atomic E-state index is 11.8. The zero-order valence-corrected chi connectivity index (χ0v) is 12.4. The summed E-state index contributed by atoms with van der Waals surface area (Å²) in [6.07, 6.45) is 2.38. The van der Waals surface area contributed by atoms with Crippen LogP contribution in [0.15, 0.2) is 29.8 Å². The molecule has 1 aliphatic heterocycles. The number of ether oxygens (including phenoxy) is 2. The normalized spacial score (nSPS) is 26.7. The minimum atomic E-state index is -0.855. The Hall–Kier alpha value is -1.61. The van der Waals surface area contributed by atoms with E-state index in [1.165, 1.54) is 11.1 Å². The molecule has 0 bridgehead atoms. The molecule has 0 amide bonds. The molecule has 1 unspecified atom stereocenters. The van der Waals surface area contributed by atoms with Gasteiger partial charge in [-0.2, -0.15) is 0 Å². The van der Waals surface area contributed by atoms with E-state index >= 15 is 0 Å². The molecule has 0 radical (unpaired) electrons. The number of hydrogen-bond donors (Lipinski definition) is 0. The van der Waals surface area contributed by atoms with E-state index in [0.29, 0.717) is 0 Å². The Balaban J connectivity index is 1.98. The summed E-state index contributed by atoms with van der Waals surface area (Å²) in [6.45, 7) is 7.91. The fourth-order valence-electron chi connectivity index (χ4n) is 2.98. The predicted octanol–water partition coefficient (Wildman–Crippen LogP) is 3.43. The van der Waals surface area contributed by atoms with Crippen LogP contribution in [0.3, 0.4) is 0 Å². The Kier molecular flexibility index (Phi) is 2.80. The Morgan fingerprint density at radius 1 is 1.15 bits per heavy atom. The lowest BCUT2D eigenvalue weighted by molar-refractivity contribution is -0.143. The number of hydrogen-bond acceptors (Lipinski definition) is 3. The standard InChI is InChI=1S/C17H20O3/c1-16(2)10-12(9-11-7-5-6-8-13(11)16)14-19-15(18)17(3,4)20-14/h5-9,14H,10H2,1-4H3. The molecule has 1 saturated heterocycles. The van der Waals surface area contributed by atoms with Crippen molar-refractivity contribution in [3.05, 3.63) is 41.0 Å². The number of benzene rings is 1. The zero-order chi connectivity index (χ0) is 14.5. The molecule has 1 atom stereocenters. The fraction of sp³-hybridized carbons (Fsp3) is 0.471. The summed E-state index contributed by atoms with van der Waals surface area (Å²) in [7, 11) is 0. The maximum Gasteiger partial charge on any atom is 0.340 e. The molecular formula is C17H20O3. The minimum Gasteiger partial charge on any atom is -0.429 e. The van der Waals surface area contributed by atoms with Gasteiger partial charge in [-0.3, -0.25) is 0 Å². The monoisotopic (exact) mass is 272 g/mol. The number of carbonyl (C=O) groups is 1. The molecule has 0 aromatic heterocycles. The largest absolute Gasteiger partial charge is 0.429 e. The van der Waals surface area contributed by atoms with E-state index < -0.39 is 11.9 Å². The van der Waals surface area contributed by atoms with Crippen LogP contribution < -0.4 is 0 Å². The van der Waals surface area contributed by atoms with E-state index in [-0.39, 0.29) is 11.4 Å². The molecule has 1 aliphatic carbocycles. The van der Waals surface area contributed by atoms with Gasteiger partial charge in [-0.05, 0) is 48.5 Å². The molecule has 2 aliphatic rings. The third kappa shape index (κ3) is 2.06. The lowest BCUT2D eigenvalue weighted by Gasteiger charge is -2.33. The van der Waals surface area contributed by atoms with Crippen molar-refractivity contribution in [1.82, 2.24) is 0 Å². The molecule has 3 heteroatoms. The van der Waals surface area contributed by atoms with Crippen LogP contribution in [0, 0.1) is 0 Å². The van der Waals surface area contributed by atoms with E-state index in [4.69, 9.17) is 9.47 Å². The molecule has 0 saturated carbocycles. The average molecular weight is 272 g/mol. The lowest BCUT2D eigenvalue weighted by atomic mass is 9.73. The number of carbonyl (C=O) groups excluding carboxylic acids is 1. The molecule has 1 aromatic carbocycles. The van der Waals surface area contributed by atoms with E-state index in [2.05, 4.69) is 38.1 Å². The van der Waals surface area contributed by atoms with Crippen molar-refractivity contribution < 1.29 is 14.3 Å². The first-order valence-corrected chi connectivity index (χ1v) is 6.98. The van der Waals surface area contributed by atoms with Gasteiger partial charge in [0, 0.05) is 0 Å². The Morgan fingerprint density at radius 2 is 1.85 bits per heavy atom. The summed E-state index contributed by atoms with van der Waals surface area (Å²) in [6, 6.07) is 8.35. The number of cyclic esters (lactones) is 1. The summed E-state index contributed by atoms with van der Waals surface area (Å²) in [4.78, 5) is 11.8. The second kappa shape index (κ2) is 4.19. The molecule has 3 rings (SSSR count). The Labute approximate surface area is 119 Å². The van der Waals surface area contributed by atoms with Gasteiger partial charge < -0.3 is 9.47 Å². The third-order valence-electron chi connectivity index (χ3n) is 4.09. The number of rotatable bonds is 1. The van der Waals surface area contributed by atoms with Crippen molar-refractivity contribution in [2.75, 3.05) is 0 Å². The maximum absolute atomic E-state index is 11.8. The van der Waals surface area contributed by atoms with Crippen LogP contribution in [0.4, 0.5) is 0 Å². The van der Waals surface area contributed by atoms with Gasteiger partial charge in [0.25, 0.3) is 0 Å². The topological polar surface area (TPSA) is 35.5 Å². The van der Waals surface area contributed by atoms with Gasteiger partial charge in [-0.25, -0.2) is 4.79 Å². The van der Waals surface area contributed by atoms with Crippen molar-refractivity contribution in [3.63, 3.8) is 0 Å². The zero-order valence-electron chi connectivity index (χ0n) is 12.4. The fourth-order valence-corrected chi connectivity index (χ4v) is 2.98. The summed E-state index contributed by atoms with van der Waals surface area (Å²) in [5, 5.41) is 0. The summed E-state index contributed by atoms with van der Waals surface area (Å²) in [5.41, 5.74) is 2.71. The second-order valence-corrected chi connectivity index (χ2v) is 6.73. The van der Waals surface area contributed by atoms with Gasteiger partial charge in [0.05, 0.1) is 0 Å². The van der Waals surface area contributed by atoms with Crippen molar-refractivity contribution in [2.45, 2.75) is 51.4 Å². The van der Waals surface area contributed by atoms with Crippen molar-refractivity contribution in [1.29, 1.82) is 0 Å². The van der Waals surface area contributed by atoms with Crippen LogP contribution in [0.1, 0.15) is 45.2 Å². The van der Waals surface area contributed by atoms with Gasteiger partial charge in [-0.1, -0.05) is 38.1 Å². The van der Waals surface area contributed by atoms with Gasteiger partial charge in [-0.15, -0.1) is 0 Å². The van der Waals surface area contributed by atoms with Gasteiger partial charge in [0.15, 0.2) is 5.60 Å². The smallest absolute Gasteiger partial charge is 0.340 e. The van der Waals surface area contributed by atoms with E-state index in [1.54, 1.807) is 13.8 Å². The number of fused-ring (bicyclic) bond motifs is 1. The highest BCUT2D eigenvalue weighted by atomic mass is 16.8. The third-order valence-corrected chi connectivity index (χ3v) is 4.09. The molecule has 20 heavy (non-hydrogen) atoms. The highest BCUT2D eigenvalue weighted by Gasteiger charge is 2.45. The molecule has 1 heterocycles. The predicted molar refractivity (Wildman–Crippen MR) is 77.1 cm³/mol. The van der Waals surface area contributed by atoms with E-state index in [9.17, 15) is 4.79 Å². The molecule has 106 valence electrons. The first-order valence-electron chi connectivity index (χ1n) is 6.98. The quantitative estimate of drug-likeness (QED) is 0.735. The SMILES string of the molecule is CC1(C)OC(C2=Cc3ccccc3C(C)(C)C2)OC1=O. The first kappa shape index (κ1) is 13.4. The molecular weight excluding hydrogens is 252 g/mol. The van der Waals surface area contributed by atoms with E-state index in [1.807, 2.05) is 6.07 Å². The van der Waals surface area contributed by atoms with Crippen LogP contribution in [-0.2, 0) is 19.7 Å². The second-order valence-electron chi connectivity index (χ2n) is 6.73. The van der Waals surface area contributed by atoms with Crippen molar-refractivity contribution in [3.8, 4) is 0 Å². The van der Waals surface area contributed by atoms with Crippen LogP contribution >= 0.6 is 0 Å². The minimum absolute atomic E-state index is 0.0170. The van der Waals surface area contributed by atoms with Crippen LogP contribution in [0.25, 0.3) is 6.08 Å². The summed E-state index contributed by atoms with van der Waals surface area (Å²) in [5.74, 6) is -0.292. The lowest BCUT2D eigenvalue weighted by Crippen LogP contribution is -2.29.